The molecule has 13 nitrogen and oxygen atoms in total. The van der Waals surface area contributed by atoms with E-state index in [1.54, 1.807) is 17.0 Å². The van der Waals surface area contributed by atoms with E-state index in [1.165, 1.54) is 11.3 Å². The molecule has 2 aromatic heterocycles. The number of morpholine rings is 1. The Morgan fingerprint density at radius 1 is 1.08 bits per heavy atom. The molecule has 1 unspecified atom stereocenters. The second-order valence-electron chi connectivity index (χ2n) is 8.83. The Bertz CT molecular complexity index is 1730. The van der Waals surface area contributed by atoms with E-state index < -0.39 is 25.3 Å². The minimum Gasteiger partial charge on any atom is -0.422 e. The van der Waals surface area contributed by atoms with E-state index in [0.29, 0.717) is 37.4 Å². The van der Waals surface area contributed by atoms with Crippen molar-refractivity contribution in [3.63, 3.8) is 0 Å². The van der Waals surface area contributed by atoms with Gasteiger partial charge in [0.2, 0.25) is 11.8 Å². The third-order valence-corrected chi connectivity index (χ3v) is 9.03. The molecule has 1 aliphatic heterocycles. The first kappa shape index (κ1) is 27.3. The van der Waals surface area contributed by atoms with Gasteiger partial charge >= 0.3 is 0 Å². The number of hydrogen-bond acceptors (Lipinski definition) is 11. The topological polar surface area (TPSA) is 188 Å². The highest BCUT2D eigenvalue weighted by atomic mass is 32.2. The van der Waals surface area contributed by atoms with Crippen LogP contribution in [0.1, 0.15) is 32.4 Å². The van der Waals surface area contributed by atoms with Crippen LogP contribution in [0.3, 0.4) is 0 Å². The third kappa shape index (κ3) is 6.32. The smallest absolute Gasteiger partial charge is 0.274 e. The van der Waals surface area contributed by atoms with Gasteiger partial charge in [-0.25, -0.2) is 18.5 Å². The molecule has 3 N–H and O–H groups in total. The zero-order valence-corrected chi connectivity index (χ0v) is 23.1. The minimum absolute atomic E-state index is 0.0409. The van der Waals surface area contributed by atoms with Crippen molar-refractivity contribution in [3.8, 4) is 11.1 Å². The number of aromatic nitrogens is 3. The molecule has 0 bridgehead atoms. The van der Waals surface area contributed by atoms with Gasteiger partial charge in [-0.15, -0.1) is 21.5 Å². The van der Waals surface area contributed by atoms with E-state index in [9.17, 15) is 21.6 Å². The summed E-state index contributed by atoms with van der Waals surface area (Å²) in [6.07, 6.45) is 1.03. The van der Waals surface area contributed by atoms with Gasteiger partial charge in [-0.1, -0.05) is 18.2 Å². The van der Waals surface area contributed by atoms with Gasteiger partial charge in [0.25, 0.3) is 16.1 Å². The number of ether oxygens (including phenoxy) is 1. The first-order chi connectivity index (χ1) is 18.5. The van der Waals surface area contributed by atoms with Gasteiger partial charge in [-0.2, -0.15) is 13.1 Å². The van der Waals surface area contributed by atoms with Crippen LogP contribution in [0, 0.1) is 0 Å². The molecule has 39 heavy (non-hydrogen) atoms. The van der Waals surface area contributed by atoms with Crippen LogP contribution in [0.5, 0.6) is 0 Å². The van der Waals surface area contributed by atoms with Crippen LogP contribution in [-0.2, 0) is 31.3 Å². The summed E-state index contributed by atoms with van der Waals surface area (Å²) in [7, 11) is -7.79. The fourth-order valence-corrected chi connectivity index (χ4v) is 6.87. The molecule has 16 heteroatoms. The van der Waals surface area contributed by atoms with Gasteiger partial charge in [0, 0.05) is 24.9 Å². The molecule has 2 aromatic carbocycles. The van der Waals surface area contributed by atoms with Crippen LogP contribution in [0.15, 0.2) is 46.9 Å². The van der Waals surface area contributed by atoms with Gasteiger partial charge in [0.15, 0.2) is 15.1 Å². The van der Waals surface area contributed by atoms with E-state index in [4.69, 9.17) is 14.3 Å². The second-order valence-corrected chi connectivity index (χ2v) is 13.4. The molecule has 206 valence electrons. The van der Waals surface area contributed by atoms with Crippen LogP contribution in [-0.4, -0.2) is 75.4 Å². The molecular weight excluding hydrogens is 568 g/mol. The Labute approximate surface area is 228 Å². The van der Waals surface area contributed by atoms with Crippen molar-refractivity contribution in [2.75, 3.05) is 32.6 Å². The quantitative estimate of drug-likeness (QED) is 0.301. The molecule has 1 fully saturated rings. The van der Waals surface area contributed by atoms with Crippen molar-refractivity contribution in [2.45, 2.75) is 11.8 Å². The average Bonchev–Trinajstić information content (AvgIpc) is 3.53. The number of nitrogens with zero attached hydrogens (tertiary/aromatic N) is 4. The molecule has 3 heterocycles. The van der Waals surface area contributed by atoms with Crippen molar-refractivity contribution in [1.29, 1.82) is 0 Å². The van der Waals surface area contributed by atoms with Gasteiger partial charge in [0.05, 0.1) is 30.0 Å². The summed E-state index contributed by atoms with van der Waals surface area (Å²) in [5, 5.41) is 11.3. The van der Waals surface area contributed by atoms with Crippen molar-refractivity contribution in [1.82, 2.24) is 24.8 Å². The Morgan fingerprint density at radius 2 is 1.77 bits per heavy atom. The van der Waals surface area contributed by atoms with Gasteiger partial charge < -0.3 is 14.1 Å². The lowest BCUT2D eigenvalue weighted by Crippen LogP contribution is -2.40. The summed E-state index contributed by atoms with van der Waals surface area (Å²) < 4.78 is 61.1. The van der Waals surface area contributed by atoms with Gasteiger partial charge in [-0.05, 0) is 35.4 Å². The van der Waals surface area contributed by atoms with E-state index in [0.717, 1.165) is 22.1 Å². The van der Waals surface area contributed by atoms with Crippen molar-refractivity contribution in [3.05, 3.63) is 64.8 Å². The summed E-state index contributed by atoms with van der Waals surface area (Å²) >= 11 is 1.17. The SMILES string of the molecule is CS(=O)(=O)C(c1nnc(CNS(N)(=O)=O)o1)c1nc2cc(-c3ccc(C(=O)N4CCOCC4)cc3)ccc2s1. The first-order valence-electron chi connectivity index (χ1n) is 11.6. The van der Waals surface area contributed by atoms with Gasteiger partial charge in [0.1, 0.15) is 5.01 Å². The fourth-order valence-electron chi connectivity index (χ4n) is 4.07. The third-order valence-electron chi connectivity index (χ3n) is 5.95. The normalized spacial score (nSPS) is 15.5. The zero-order valence-electron chi connectivity index (χ0n) is 20.6. The van der Waals surface area contributed by atoms with Crippen LogP contribution in [0.25, 0.3) is 21.3 Å². The van der Waals surface area contributed by atoms with E-state index in [-0.39, 0.29) is 29.2 Å². The monoisotopic (exact) mass is 592 g/mol. The summed E-state index contributed by atoms with van der Waals surface area (Å²) in [4.78, 5) is 19.0. The highest BCUT2D eigenvalue weighted by Crippen LogP contribution is 2.36. The summed E-state index contributed by atoms with van der Waals surface area (Å²) in [5.74, 6) is -0.420. The maximum Gasteiger partial charge on any atom is 0.274 e. The van der Waals surface area contributed by atoms with E-state index >= 15 is 0 Å². The maximum atomic E-state index is 12.7. The molecular formula is C23H24N6O7S3. The number of hydrogen-bond donors (Lipinski definition) is 2. The molecule has 1 amide bonds. The highest BCUT2D eigenvalue weighted by Gasteiger charge is 2.34. The molecule has 1 aliphatic rings. The number of thiazole rings is 1. The van der Waals surface area contributed by atoms with Crippen LogP contribution >= 0.6 is 11.3 Å². The standard InChI is InChI=1S/C23H24N6O7S3/c1-38(31,32)20(21-28-27-19(36-21)13-25-39(24,33)34)22-26-17-12-16(6-7-18(17)37-22)14-2-4-15(5-3-14)23(30)29-8-10-35-11-9-29/h2-7,12,20,25H,8-11,13H2,1H3,(H2,24,33,34). The number of amides is 1. The Balaban J connectivity index is 1.40. The van der Waals surface area contributed by atoms with Gasteiger partial charge in [-0.3, -0.25) is 4.79 Å². The minimum atomic E-state index is -4.00. The number of nitrogens with two attached hydrogens (primary N) is 1. The summed E-state index contributed by atoms with van der Waals surface area (Å²) in [6, 6.07) is 12.8. The molecule has 0 radical (unpaired) electrons. The first-order valence-corrected chi connectivity index (χ1v) is 16.0. The fraction of sp³-hybridized carbons (Fsp3) is 0.304. The van der Waals surface area contributed by atoms with Crippen LogP contribution in [0.2, 0.25) is 0 Å². The molecule has 0 aliphatic carbocycles. The predicted octanol–water partition coefficient (Wildman–Crippen LogP) is 1.25. The van der Waals surface area contributed by atoms with E-state index in [2.05, 4.69) is 15.2 Å². The summed E-state index contributed by atoms with van der Waals surface area (Å²) in [5.41, 5.74) is 2.88. The lowest BCUT2D eigenvalue weighted by Gasteiger charge is -2.26. The highest BCUT2D eigenvalue weighted by molar-refractivity contribution is 7.91. The molecule has 4 aromatic rings. The molecule has 1 saturated heterocycles. The van der Waals surface area contributed by atoms with Crippen molar-refractivity contribution >= 4 is 47.5 Å². The largest absolute Gasteiger partial charge is 0.422 e. The number of rotatable bonds is 8. The Hall–Kier alpha value is -3.28. The Kier molecular flexibility index (Phi) is 7.49. The predicted molar refractivity (Wildman–Crippen MR) is 143 cm³/mol. The lowest BCUT2D eigenvalue weighted by molar-refractivity contribution is 0.0303. The number of nitrogens with one attached hydrogen (secondary N) is 1. The number of carbonyl (C=O) groups is 1. The summed E-state index contributed by atoms with van der Waals surface area (Å²) in [6.45, 7) is 1.80. The number of fused-ring (bicyclic) bond motifs is 1. The van der Waals surface area contributed by atoms with Crippen LogP contribution < -0.4 is 9.86 Å². The Morgan fingerprint density at radius 3 is 2.44 bits per heavy atom. The molecule has 5 rings (SSSR count). The van der Waals surface area contributed by atoms with Crippen LogP contribution in [0.4, 0.5) is 0 Å². The second kappa shape index (κ2) is 10.7. The maximum absolute atomic E-state index is 12.7. The average molecular weight is 593 g/mol. The van der Waals surface area contributed by atoms with Crippen molar-refractivity contribution < 1.29 is 30.8 Å². The van der Waals surface area contributed by atoms with E-state index in [1.807, 2.05) is 35.1 Å². The molecule has 0 saturated carbocycles. The molecule has 0 spiro atoms. The number of benzene rings is 2. The number of carbonyl (C=O) groups excluding carboxylic acids is 1. The zero-order chi connectivity index (χ0) is 27.8. The van der Waals surface area contributed by atoms with Crippen molar-refractivity contribution in [2.24, 2.45) is 5.14 Å². The number of sulfone groups is 1. The lowest BCUT2D eigenvalue weighted by atomic mass is 10.0. The molecule has 1 atom stereocenters.